The van der Waals surface area contributed by atoms with E-state index >= 15 is 0 Å². The van der Waals surface area contributed by atoms with Gasteiger partial charge in [0, 0.05) is 24.8 Å². The maximum atomic E-state index is 13.7. The Balaban J connectivity index is 1.85. The lowest BCUT2D eigenvalue weighted by Crippen LogP contribution is -2.53. The van der Waals surface area contributed by atoms with Crippen LogP contribution in [0.5, 0.6) is 0 Å². The summed E-state index contributed by atoms with van der Waals surface area (Å²) < 4.78 is 13.4. The number of hydrogen-bond donors (Lipinski definition) is 3. The summed E-state index contributed by atoms with van der Waals surface area (Å²) in [5.74, 6) is -1.27. The van der Waals surface area contributed by atoms with Crippen molar-refractivity contribution in [3.05, 3.63) is 54.1 Å². The van der Waals surface area contributed by atoms with E-state index in [0.717, 1.165) is 49.0 Å². The second-order valence-corrected chi connectivity index (χ2v) is 9.65. The Morgan fingerprint density at radius 3 is 2.42 bits per heavy atom. The van der Waals surface area contributed by atoms with Gasteiger partial charge in [0.15, 0.2) is 5.78 Å². The van der Waals surface area contributed by atoms with Crippen molar-refractivity contribution in [3.63, 3.8) is 0 Å². The molecule has 0 unspecified atom stereocenters. The number of aromatic nitrogens is 1. The van der Waals surface area contributed by atoms with Crippen LogP contribution < -0.4 is 15.5 Å². The van der Waals surface area contributed by atoms with Crippen molar-refractivity contribution in [2.45, 2.75) is 70.4 Å². The first-order chi connectivity index (χ1) is 17.3. The molecule has 3 N–H and O–H groups in total. The van der Waals surface area contributed by atoms with Gasteiger partial charge in [0.05, 0.1) is 29.7 Å². The standard InChI is InChI=1S/C28H38FN5O2/c1-5-24(20-15-23(17-32-16-20)34(4)22-13-11-21(29)12-14-22)25(30)27(35)26(19-9-7-6-8-10-19)33-28(36)18(2)31-3/h11-19,24,26,30-31H,5-10H2,1-4H3,(H,33,36)/t18-,24-,26-/m0/s1. The van der Waals surface area contributed by atoms with E-state index in [2.05, 4.69) is 15.6 Å². The van der Waals surface area contributed by atoms with Crippen LogP contribution in [0.3, 0.4) is 0 Å². The molecular formula is C28H38FN5O2. The third-order valence-corrected chi connectivity index (χ3v) is 7.30. The summed E-state index contributed by atoms with van der Waals surface area (Å²) in [4.78, 5) is 32.7. The fourth-order valence-corrected chi connectivity index (χ4v) is 4.85. The van der Waals surface area contributed by atoms with E-state index in [1.54, 1.807) is 38.5 Å². The molecule has 0 aliphatic heterocycles. The van der Waals surface area contributed by atoms with Gasteiger partial charge >= 0.3 is 0 Å². The minimum Gasteiger partial charge on any atom is -0.344 e. The van der Waals surface area contributed by atoms with Crippen LogP contribution in [-0.4, -0.2) is 48.6 Å². The molecule has 0 spiro atoms. The first-order valence-electron chi connectivity index (χ1n) is 12.8. The summed E-state index contributed by atoms with van der Waals surface area (Å²) in [6.45, 7) is 3.70. The Hall–Kier alpha value is -3.13. The Morgan fingerprint density at radius 1 is 1.14 bits per heavy atom. The van der Waals surface area contributed by atoms with Gasteiger partial charge in [0.25, 0.3) is 0 Å². The van der Waals surface area contributed by atoms with Crippen LogP contribution in [0.1, 0.15) is 63.9 Å². The van der Waals surface area contributed by atoms with E-state index in [1.807, 2.05) is 24.9 Å². The lowest BCUT2D eigenvalue weighted by atomic mass is 9.78. The van der Waals surface area contributed by atoms with Crippen LogP contribution in [0.2, 0.25) is 0 Å². The molecule has 1 fully saturated rings. The van der Waals surface area contributed by atoms with Crippen molar-refractivity contribution in [1.82, 2.24) is 15.6 Å². The molecule has 7 nitrogen and oxygen atoms in total. The van der Waals surface area contributed by atoms with Crippen molar-refractivity contribution in [1.29, 1.82) is 5.41 Å². The first kappa shape index (κ1) is 27.5. The summed E-state index contributed by atoms with van der Waals surface area (Å²) in [7, 11) is 3.57. The molecule has 8 heteroatoms. The van der Waals surface area contributed by atoms with Crippen molar-refractivity contribution >= 4 is 28.8 Å². The summed E-state index contributed by atoms with van der Waals surface area (Å²) in [6.07, 6.45) is 8.87. The van der Waals surface area contributed by atoms with E-state index in [4.69, 9.17) is 5.41 Å². The normalized spacial score (nSPS) is 16.6. The van der Waals surface area contributed by atoms with Gasteiger partial charge in [-0.05, 0) is 75.0 Å². The van der Waals surface area contributed by atoms with Crippen LogP contribution in [0.25, 0.3) is 0 Å². The molecule has 3 rings (SSSR count). The molecule has 0 saturated heterocycles. The third kappa shape index (κ3) is 6.55. The zero-order valence-corrected chi connectivity index (χ0v) is 21.7. The van der Waals surface area contributed by atoms with E-state index in [0.29, 0.717) is 6.42 Å². The van der Waals surface area contributed by atoms with Crippen LogP contribution in [-0.2, 0) is 9.59 Å². The maximum Gasteiger partial charge on any atom is 0.237 e. The van der Waals surface area contributed by atoms with Gasteiger partial charge in [-0.2, -0.15) is 0 Å². The largest absolute Gasteiger partial charge is 0.344 e. The Labute approximate surface area is 213 Å². The average Bonchev–Trinajstić information content (AvgIpc) is 2.91. The zero-order chi connectivity index (χ0) is 26.2. The summed E-state index contributed by atoms with van der Waals surface area (Å²) in [5.41, 5.74) is 2.33. The molecule has 36 heavy (non-hydrogen) atoms. The number of pyridine rings is 1. The Bertz CT molecular complexity index is 1050. The number of amides is 1. The highest BCUT2D eigenvalue weighted by Gasteiger charge is 2.36. The lowest BCUT2D eigenvalue weighted by molar-refractivity contribution is -0.127. The number of nitrogens with zero attached hydrogens (tertiary/aromatic N) is 2. The molecule has 1 heterocycles. The number of rotatable bonds is 11. The fraction of sp³-hybridized carbons (Fsp3) is 0.500. The number of ketones is 1. The second kappa shape index (κ2) is 12.7. The highest BCUT2D eigenvalue weighted by atomic mass is 19.1. The highest BCUT2D eigenvalue weighted by molar-refractivity contribution is 6.42. The predicted molar refractivity (Wildman–Crippen MR) is 141 cm³/mol. The molecule has 1 aromatic heterocycles. The number of likely N-dealkylation sites (N-methyl/N-ethyl adjacent to an activating group) is 1. The minimum absolute atomic E-state index is 0.00568. The molecule has 0 radical (unpaired) electrons. The lowest BCUT2D eigenvalue weighted by Gasteiger charge is -2.32. The monoisotopic (exact) mass is 495 g/mol. The summed E-state index contributed by atoms with van der Waals surface area (Å²) in [5, 5.41) is 14.8. The van der Waals surface area contributed by atoms with Crippen molar-refractivity contribution < 1.29 is 14.0 Å². The number of Topliss-reactive ketones (excluding diaryl/α,β-unsaturated/α-hetero) is 1. The van der Waals surface area contributed by atoms with Crippen molar-refractivity contribution in [3.8, 4) is 0 Å². The number of carbonyl (C=O) groups excluding carboxylic acids is 2. The molecule has 1 aliphatic rings. The smallest absolute Gasteiger partial charge is 0.237 e. The topological polar surface area (TPSA) is 98.2 Å². The molecule has 1 aromatic carbocycles. The van der Waals surface area contributed by atoms with E-state index in [1.165, 1.54) is 12.1 Å². The van der Waals surface area contributed by atoms with Crippen LogP contribution in [0.4, 0.5) is 15.8 Å². The zero-order valence-electron chi connectivity index (χ0n) is 21.7. The predicted octanol–water partition coefficient (Wildman–Crippen LogP) is 4.74. The van der Waals surface area contributed by atoms with Crippen molar-refractivity contribution in [2.24, 2.45) is 5.92 Å². The molecular weight excluding hydrogens is 457 g/mol. The van der Waals surface area contributed by atoms with Crippen LogP contribution >= 0.6 is 0 Å². The molecule has 1 aliphatic carbocycles. The number of anilines is 2. The number of nitrogens with one attached hydrogen (secondary N) is 3. The highest BCUT2D eigenvalue weighted by Crippen LogP contribution is 2.31. The van der Waals surface area contributed by atoms with E-state index in [9.17, 15) is 14.0 Å². The van der Waals surface area contributed by atoms with Crippen LogP contribution in [0.15, 0.2) is 42.7 Å². The maximum absolute atomic E-state index is 13.7. The second-order valence-electron chi connectivity index (χ2n) is 9.65. The molecule has 0 bridgehead atoms. The van der Waals surface area contributed by atoms with Gasteiger partial charge in [-0.1, -0.05) is 26.2 Å². The van der Waals surface area contributed by atoms with Gasteiger partial charge in [-0.3, -0.25) is 14.6 Å². The Kier molecular flexibility index (Phi) is 9.70. The average molecular weight is 496 g/mol. The first-order valence-corrected chi connectivity index (χ1v) is 12.8. The molecule has 1 saturated carbocycles. The third-order valence-electron chi connectivity index (χ3n) is 7.30. The molecule has 1 amide bonds. The number of carbonyl (C=O) groups is 2. The quantitative estimate of drug-likeness (QED) is 0.391. The van der Waals surface area contributed by atoms with Gasteiger partial charge in [-0.25, -0.2) is 4.39 Å². The molecule has 2 aromatic rings. The van der Waals surface area contributed by atoms with Gasteiger partial charge in [0.1, 0.15) is 5.82 Å². The number of hydrogen-bond acceptors (Lipinski definition) is 6. The fourth-order valence-electron chi connectivity index (χ4n) is 4.85. The SMILES string of the molecule is CC[C@H](C(=N)C(=O)[C@@H](NC(=O)[C@H](C)NC)C1CCCCC1)c1cncc(N(C)c2ccc(F)cc2)c1. The summed E-state index contributed by atoms with van der Waals surface area (Å²) >= 11 is 0. The molecule has 194 valence electrons. The van der Waals surface area contributed by atoms with Crippen LogP contribution in [0, 0.1) is 17.1 Å². The number of benzene rings is 1. The van der Waals surface area contributed by atoms with Crippen molar-refractivity contribution in [2.75, 3.05) is 19.0 Å². The van der Waals surface area contributed by atoms with Gasteiger partial charge in [-0.15, -0.1) is 0 Å². The number of halogens is 1. The minimum atomic E-state index is -0.701. The van der Waals surface area contributed by atoms with Gasteiger partial charge < -0.3 is 20.9 Å². The Morgan fingerprint density at radius 2 is 1.81 bits per heavy atom. The van der Waals surface area contributed by atoms with Gasteiger partial charge in [0.2, 0.25) is 5.91 Å². The summed E-state index contributed by atoms with van der Waals surface area (Å²) in [6, 6.07) is 6.98. The molecule has 3 atom stereocenters. The van der Waals surface area contributed by atoms with E-state index in [-0.39, 0.29) is 29.1 Å². The van der Waals surface area contributed by atoms with E-state index < -0.39 is 18.0 Å².